The fraction of sp³-hybridized carbons (Fsp3) is 0.267. The minimum absolute atomic E-state index is 0.0549. The molecule has 2 aromatic rings. The first-order valence-electron chi connectivity index (χ1n) is 6.64. The molecular formula is C15H17NO4S2. The molecule has 22 heavy (non-hydrogen) atoms. The molecule has 0 radical (unpaired) electrons. The second-order valence-corrected chi connectivity index (χ2v) is 7.87. The molecule has 0 saturated carbocycles. The van der Waals surface area contributed by atoms with Crippen LogP contribution in [0.2, 0.25) is 0 Å². The summed E-state index contributed by atoms with van der Waals surface area (Å²) in [6.45, 7) is 4.35. The summed E-state index contributed by atoms with van der Waals surface area (Å²) >= 11 is 0.898. The molecule has 0 aliphatic heterocycles. The number of esters is 1. The van der Waals surface area contributed by atoms with Crippen LogP contribution < -0.4 is 5.14 Å². The molecule has 0 bridgehead atoms. The van der Waals surface area contributed by atoms with Gasteiger partial charge in [0.25, 0.3) is 0 Å². The predicted molar refractivity (Wildman–Crippen MR) is 85.3 cm³/mol. The predicted octanol–water partition coefficient (Wildman–Crippen LogP) is 2.88. The summed E-state index contributed by atoms with van der Waals surface area (Å²) in [5.74, 6) is -0.127. The SMILES string of the molecule is CC(C)c1ccc(COC(=O)c2csc(S(N)(=O)=O)c2)cc1. The van der Waals surface area contributed by atoms with Crippen molar-refractivity contribution in [2.45, 2.75) is 30.6 Å². The number of sulfonamides is 1. The number of ether oxygens (including phenoxy) is 1. The molecule has 0 amide bonds. The van der Waals surface area contributed by atoms with Crippen LogP contribution in [0, 0.1) is 0 Å². The molecule has 0 saturated heterocycles. The lowest BCUT2D eigenvalue weighted by Crippen LogP contribution is -2.10. The van der Waals surface area contributed by atoms with Crippen molar-refractivity contribution in [2.24, 2.45) is 5.14 Å². The molecule has 0 fully saturated rings. The van der Waals surface area contributed by atoms with Gasteiger partial charge in [0.1, 0.15) is 10.8 Å². The highest BCUT2D eigenvalue weighted by Gasteiger charge is 2.16. The van der Waals surface area contributed by atoms with Gasteiger partial charge in [0.2, 0.25) is 10.0 Å². The Kier molecular flexibility index (Phi) is 5.00. The van der Waals surface area contributed by atoms with Gasteiger partial charge >= 0.3 is 5.97 Å². The number of nitrogens with two attached hydrogens (primary N) is 1. The molecule has 5 nitrogen and oxygen atoms in total. The van der Waals surface area contributed by atoms with Crippen LogP contribution in [0.1, 0.15) is 41.3 Å². The number of carbonyl (C=O) groups is 1. The van der Waals surface area contributed by atoms with Gasteiger partial charge < -0.3 is 4.74 Å². The average molecular weight is 339 g/mol. The zero-order chi connectivity index (χ0) is 16.3. The molecule has 1 heterocycles. The van der Waals surface area contributed by atoms with Crippen LogP contribution in [0.25, 0.3) is 0 Å². The van der Waals surface area contributed by atoms with Gasteiger partial charge in [-0.25, -0.2) is 18.4 Å². The highest BCUT2D eigenvalue weighted by molar-refractivity contribution is 7.91. The number of hydrogen-bond acceptors (Lipinski definition) is 5. The van der Waals surface area contributed by atoms with Gasteiger partial charge in [-0.2, -0.15) is 0 Å². The molecule has 7 heteroatoms. The van der Waals surface area contributed by atoms with E-state index in [0.29, 0.717) is 5.92 Å². The maximum Gasteiger partial charge on any atom is 0.339 e. The van der Waals surface area contributed by atoms with E-state index in [-0.39, 0.29) is 16.4 Å². The second kappa shape index (κ2) is 6.60. The third-order valence-electron chi connectivity index (χ3n) is 3.11. The van der Waals surface area contributed by atoms with Gasteiger partial charge in [-0.05, 0) is 23.1 Å². The van der Waals surface area contributed by atoms with E-state index in [1.165, 1.54) is 17.0 Å². The molecular weight excluding hydrogens is 322 g/mol. The van der Waals surface area contributed by atoms with E-state index in [2.05, 4.69) is 13.8 Å². The van der Waals surface area contributed by atoms with Gasteiger partial charge in [-0.1, -0.05) is 38.1 Å². The Bertz CT molecular complexity index is 761. The fourth-order valence-corrected chi connectivity index (χ4v) is 3.38. The topological polar surface area (TPSA) is 86.5 Å². The third kappa shape index (κ3) is 4.16. The van der Waals surface area contributed by atoms with Crippen molar-refractivity contribution >= 4 is 27.3 Å². The second-order valence-electron chi connectivity index (χ2n) is 5.17. The Morgan fingerprint density at radius 3 is 2.41 bits per heavy atom. The quantitative estimate of drug-likeness (QED) is 0.849. The van der Waals surface area contributed by atoms with Crippen molar-refractivity contribution in [3.8, 4) is 0 Å². The molecule has 118 valence electrons. The molecule has 0 spiro atoms. The highest BCUT2D eigenvalue weighted by Crippen LogP contribution is 2.20. The normalized spacial score (nSPS) is 11.6. The van der Waals surface area contributed by atoms with E-state index in [4.69, 9.17) is 9.88 Å². The van der Waals surface area contributed by atoms with Crippen molar-refractivity contribution in [1.29, 1.82) is 0 Å². The summed E-state index contributed by atoms with van der Waals surface area (Å²) in [4.78, 5) is 11.9. The number of hydrogen-bond donors (Lipinski definition) is 1. The van der Waals surface area contributed by atoms with Crippen LogP contribution in [-0.2, 0) is 21.4 Å². The fourth-order valence-electron chi connectivity index (χ4n) is 1.80. The first kappa shape index (κ1) is 16.7. The zero-order valence-corrected chi connectivity index (χ0v) is 13.9. The van der Waals surface area contributed by atoms with Crippen molar-refractivity contribution in [3.05, 3.63) is 52.4 Å². The monoisotopic (exact) mass is 339 g/mol. The Morgan fingerprint density at radius 1 is 1.27 bits per heavy atom. The summed E-state index contributed by atoms with van der Waals surface area (Å²) in [7, 11) is -3.78. The molecule has 2 rings (SSSR count). The van der Waals surface area contributed by atoms with Crippen LogP contribution in [0.4, 0.5) is 0 Å². The van der Waals surface area contributed by atoms with E-state index in [1.807, 2.05) is 24.3 Å². The number of carbonyl (C=O) groups excluding carboxylic acids is 1. The third-order valence-corrected chi connectivity index (χ3v) is 5.49. The average Bonchev–Trinajstić information content (AvgIpc) is 2.95. The van der Waals surface area contributed by atoms with E-state index in [1.54, 1.807) is 0 Å². The van der Waals surface area contributed by atoms with Gasteiger partial charge in [-0.15, -0.1) is 11.3 Å². The Labute approximate surface area is 133 Å². The first-order valence-corrected chi connectivity index (χ1v) is 9.07. The smallest absolute Gasteiger partial charge is 0.339 e. The van der Waals surface area contributed by atoms with Crippen molar-refractivity contribution < 1.29 is 17.9 Å². The minimum atomic E-state index is -3.78. The van der Waals surface area contributed by atoms with Gasteiger partial charge in [0, 0.05) is 5.38 Å². The molecule has 1 aromatic heterocycles. The molecule has 0 atom stereocenters. The van der Waals surface area contributed by atoms with Crippen LogP contribution >= 0.6 is 11.3 Å². The van der Waals surface area contributed by atoms with Crippen molar-refractivity contribution in [2.75, 3.05) is 0 Å². The molecule has 0 aliphatic carbocycles. The van der Waals surface area contributed by atoms with Crippen molar-refractivity contribution in [1.82, 2.24) is 0 Å². The van der Waals surface area contributed by atoms with Gasteiger partial charge in [0.05, 0.1) is 5.56 Å². The van der Waals surface area contributed by atoms with Crippen LogP contribution in [0.15, 0.2) is 39.9 Å². The van der Waals surface area contributed by atoms with Crippen molar-refractivity contribution in [3.63, 3.8) is 0 Å². The molecule has 0 aliphatic rings. The summed E-state index contributed by atoms with van der Waals surface area (Å²) in [6, 6.07) is 9.04. The standard InChI is InChI=1S/C15H17NO4S2/c1-10(2)12-5-3-11(4-6-12)8-20-15(17)13-7-14(21-9-13)22(16,18)19/h3-7,9-10H,8H2,1-2H3,(H2,16,18,19). The molecule has 0 unspecified atom stereocenters. The Hall–Kier alpha value is -1.70. The lowest BCUT2D eigenvalue weighted by atomic mass is 10.0. The highest BCUT2D eigenvalue weighted by atomic mass is 32.2. The summed E-state index contributed by atoms with van der Waals surface area (Å²) in [5, 5.41) is 6.42. The molecule has 1 aromatic carbocycles. The summed E-state index contributed by atoms with van der Waals surface area (Å²) in [5.41, 5.74) is 2.28. The summed E-state index contributed by atoms with van der Waals surface area (Å²) < 4.78 is 27.5. The number of primary sulfonamides is 1. The van der Waals surface area contributed by atoms with E-state index < -0.39 is 16.0 Å². The lowest BCUT2D eigenvalue weighted by Gasteiger charge is -2.07. The van der Waals surface area contributed by atoms with Gasteiger partial charge in [0.15, 0.2) is 0 Å². The van der Waals surface area contributed by atoms with Crippen LogP contribution in [0.3, 0.4) is 0 Å². The number of benzene rings is 1. The number of thiophene rings is 1. The van der Waals surface area contributed by atoms with E-state index in [0.717, 1.165) is 16.9 Å². The van der Waals surface area contributed by atoms with Crippen LogP contribution in [0.5, 0.6) is 0 Å². The Morgan fingerprint density at radius 2 is 1.91 bits per heavy atom. The summed E-state index contributed by atoms with van der Waals surface area (Å²) in [6.07, 6.45) is 0. The van der Waals surface area contributed by atoms with Gasteiger partial charge in [-0.3, -0.25) is 0 Å². The van der Waals surface area contributed by atoms with E-state index >= 15 is 0 Å². The zero-order valence-electron chi connectivity index (χ0n) is 12.3. The maximum absolute atomic E-state index is 11.9. The molecule has 2 N–H and O–H groups in total. The van der Waals surface area contributed by atoms with E-state index in [9.17, 15) is 13.2 Å². The lowest BCUT2D eigenvalue weighted by molar-refractivity contribution is 0.0473. The Balaban J connectivity index is 1.99. The first-order chi connectivity index (χ1) is 10.3. The largest absolute Gasteiger partial charge is 0.457 e. The number of rotatable bonds is 5. The maximum atomic E-state index is 11.9. The minimum Gasteiger partial charge on any atom is -0.457 e. The van der Waals surface area contributed by atoms with Crippen LogP contribution in [-0.4, -0.2) is 14.4 Å².